The smallest absolute Gasteiger partial charge is 0.298 e. The monoisotopic (exact) mass is 492 g/mol. The van der Waals surface area contributed by atoms with E-state index in [0.717, 1.165) is 39.5 Å². The number of thioether (sulfide) groups is 1. The van der Waals surface area contributed by atoms with Crippen LogP contribution in [0.4, 0.5) is 10.5 Å². The molecule has 2 heterocycles. The Morgan fingerprint density at radius 1 is 0.909 bits per heavy atom. The van der Waals surface area contributed by atoms with Gasteiger partial charge in [-0.05, 0) is 66.7 Å². The molecule has 0 bridgehead atoms. The van der Waals surface area contributed by atoms with Gasteiger partial charge in [-0.2, -0.15) is 0 Å². The maximum absolute atomic E-state index is 13.2. The number of aromatic nitrogens is 1. The van der Waals surface area contributed by atoms with Crippen LogP contribution in [0.2, 0.25) is 10.0 Å². The molecule has 5 rings (SSSR count). The predicted molar refractivity (Wildman–Crippen MR) is 137 cm³/mol. The van der Waals surface area contributed by atoms with E-state index in [9.17, 15) is 9.59 Å². The van der Waals surface area contributed by atoms with Gasteiger partial charge in [-0.1, -0.05) is 59.6 Å². The first-order chi connectivity index (χ1) is 15.9. The van der Waals surface area contributed by atoms with Gasteiger partial charge in [0.05, 0.1) is 10.6 Å². The zero-order valence-corrected chi connectivity index (χ0v) is 19.9. The molecular formula is C26H18Cl2N2O2S. The number of fused-ring (bicyclic) bond motifs is 1. The summed E-state index contributed by atoms with van der Waals surface area (Å²) in [7, 11) is 0. The summed E-state index contributed by atoms with van der Waals surface area (Å²) in [4.78, 5) is 27.4. The molecular weight excluding hydrogens is 475 g/mol. The Morgan fingerprint density at radius 2 is 1.61 bits per heavy atom. The Hall–Kier alpha value is -2.99. The van der Waals surface area contributed by atoms with Crippen molar-refractivity contribution in [2.75, 3.05) is 4.90 Å². The molecule has 0 spiro atoms. The molecule has 4 nitrogen and oxygen atoms in total. The van der Waals surface area contributed by atoms with Crippen LogP contribution in [0.1, 0.15) is 16.8 Å². The van der Waals surface area contributed by atoms with E-state index in [2.05, 4.69) is 10.6 Å². The maximum atomic E-state index is 13.2. The second-order valence-corrected chi connectivity index (χ2v) is 9.52. The lowest BCUT2D eigenvalue weighted by molar-refractivity contribution is -0.113. The van der Waals surface area contributed by atoms with Crippen molar-refractivity contribution in [3.05, 3.63) is 105 Å². The summed E-state index contributed by atoms with van der Waals surface area (Å²) in [6.45, 7) is 2.62. The average Bonchev–Trinajstić information content (AvgIpc) is 3.24. The predicted octanol–water partition coefficient (Wildman–Crippen LogP) is 7.55. The fourth-order valence-corrected chi connectivity index (χ4v) is 5.20. The molecule has 0 N–H and O–H groups in total. The molecule has 164 valence electrons. The minimum atomic E-state index is -0.338. The number of amides is 2. The number of nitrogens with zero attached hydrogens (tertiary/aromatic N) is 2. The third-order valence-corrected chi connectivity index (χ3v) is 7.21. The van der Waals surface area contributed by atoms with Crippen molar-refractivity contribution in [3.8, 4) is 0 Å². The van der Waals surface area contributed by atoms with Crippen molar-refractivity contribution in [2.24, 2.45) is 0 Å². The number of imide groups is 1. The maximum Gasteiger partial charge on any atom is 0.298 e. The van der Waals surface area contributed by atoms with E-state index in [4.69, 9.17) is 23.2 Å². The molecule has 2 amide bonds. The van der Waals surface area contributed by atoms with Crippen molar-refractivity contribution in [3.63, 3.8) is 0 Å². The molecule has 1 saturated heterocycles. The second kappa shape index (κ2) is 8.75. The molecule has 0 saturated carbocycles. The van der Waals surface area contributed by atoms with Gasteiger partial charge in [-0.25, -0.2) is 4.90 Å². The van der Waals surface area contributed by atoms with Crippen LogP contribution in [0.15, 0.2) is 77.7 Å². The molecule has 0 radical (unpaired) electrons. The summed E-state index contributed by atoms with van der Waals surface area (Å²) in [5.41, 5.74) is 4.47. The lowest BCUT2D eigenvalue weighted by Crippen LogP contribution is -2.27. The van der Waals surface area contributed by atoms with E-state index < -0.39 is 0 Å². The Labute approximate surface area is 205 Å². The lowest BCUT2D eigenvalue weighted by Gasteiger charge is -2.12. The van der Waals surface area contributed by atoms with Gasteiger partial charge in [0.25, 0.3) is 11.1 Å². The van der Waals surface area contributed by atoms with Crippen molar-refractivity contribution >= 4 is 68.8 Å². The quantitative estimate of drug-likeness (QED) is 0.276. The first-order valence-electron chi connectivity index (χ1n) is 10.3. The van der Waals surface area contributed by atoms with Crippen molar-refractivity contribution in [1.82, 2.24) is 4.57 Å². The van der Waals surface area contributed by atoms with E-state index in [-0.39, 0.29) is 11.1 Å². The highest BCUT2D eigenvalue weighted by atomic mass is 35.5. The molecule has 7 heteroatoms. The number of hydrogen-bond acceptors (Lipinski definition) is 3. The van der Waals surface area contributed by atoms with Crippen LogP contribution in [-0.2, 0) is 11.3 Å². The first-order valence-corrected chi connectivity index (χ1v) is 11.9. The lowest BCUT2D eigenvalue weighted by atomic mass is 10.1. The Kier molecular flexibility index (Phi) is 5.79. The van der Waals surface area contributed by atoms with E-state index >= 15 is 0 Å². The number of carbonyl (C=O) groups is 2. The van der Waals surface area contributed by atoms with Crippen LogP contribution >= 0.6 is 35.0 Å². The summed E-state index contributed by atoms with van der Waals surface area (Å²) in [5.74, 6) is -0.338. The number of benzene rings is 3. The van der Waals surface area contributed by atoms with Crippen molar-refractivity contribution in [1.29, 1.82) is 0 Å². The first kappa shape index (κ1) is 21.8. The Morgan fingerprint density at radius 3 is 2.36 bits per heavy atom. The van der Waals surface area contributed by atoms with Crippen LogP contribution in [0.5, 0.6) is 0 Å². The van der Waals surface area contributed by atoms with Gasteiger partial charge in [0.1, 0.15) is 0 Å². The molecule has 1 aliphatic heterocycles. The highest BCUT2D eigenvalue weighted by Crippen LogP contribution is 2.38. The van der Waals surface area contributed by atoms with E-state index in [1.165, 1.54) is 4.90 Å². The van der Waals surface area contributed by atoms with Gasteiger partial charge < -0.3 is 4.57 Å². The normalized spacial score (nSPS) is 15.2. The fraction of sp³-hybridized carbons (Fsp3) is 0.0769. The van der Waals surface area contributed by atoms with Crippen LogP contribution in [0.3, 0.4) is 0 Å². The van der Waals surface area contributed by atoms with E-state index in [1.807, 2.05) is 55.5 Å². The minimum Gasteiger partial charge on any atom is -0.340 e. The third kappa shape index (κ3) is 3.97. The topological polar surface area (TPSA) is 42.3 Å². The van der Waals surface area contributed by atoms with Crippen LogP contribution < -0.4 is 4.90 Å². The number of rotatable bonds is 4. The fourth-order valence-electron chi connectivity index (χ4n) is 4.05. The molecule has 3 aromatic carbocycles. The summed E-state index contributed by atoms with van der Waals surface area (Å²) in [6, 6.07) is 22.5. The van der Waals surface area contributed by atoms with Crippen LogP contribution in [0.25, 0.3) is 17.0 Å². The highest BCUT2D eigenvalue weighted by Gasteiger charge is 2.36. The van der Waals surface area contributed by atoms with Crippen molar-refractivity contribution < 1.29 is 9.59 Å². The summed E-state index contributed by atoms with van der Waals surface area (Å²) < 4.78 is 2.19. The molecule has 4 aromatic rings. The zero-order chi connectivity index (χ0) is 23.1. The summed E-state index contributed by atoms with van der Waals surface area (Å²) in [6.07, 6.45) is 1.82. The molecule has 1 fully saturated rings. The molecule has 0 aliphatic carbocycles. The van der Waals surface area contributed by atoms with Crippen molar-refractivity contribution in [2.45, 2.75) is 13.5 Å². The van der Waals surface area contributed by atoms with Gasteiger partial charge in [-0.3, -0.25) is 9.59 Å². The minimum absolute atomic E-state index is 0.328. The summed E-state index contributed by atoms with van der Waals surface area (Å²) in [5, 5.41) is 1.94. The molecule has 0 unspecified atom stereocenters. The largest absolute Gasteiger partial charge is 0.340 e. The van der Waals surface area contributed by atoms with Gasteiger partial charge in [0.2, 0.25) is 0 Å². The standard InChI is InChI=1S/C26H18Cl2N2O2S/c1-16-21(14-24-25(31)30(26(32)33-24)19-12-10-18(27)11-13-19)20-7-3-5-9-23(20)29(16)15-17-6-2-4-8-22(17)28/h2-14H,15H2,1H3/b24-14+. The molecule has 33 heavy (non-hydrogen) atoms. The van der Waals surface area contributed by atoms with Gasteiger partial charge in [0, 0.05) is 38.8 Å². The van der Waals surface area contributed by atoms with Crippen LogP contribution in [0, 0.1) is 6.92 Å². The number of para-hydroxylation sites is 1. The average molecular weight is 493 g/mol. The van der Waals surface area contributed by atoms with E-state index in [0.29, 0.717) is 27.2 Å². The number of anilines is 1. The molecule has 1 aromatic heterocycles. The summed E-state index contributed by atoms with van der Waals surface area (Å²) >= 11 is 13.3. The number of halogens is 2. The van der Waals surface area contributed by atoms with Gasteiger partial charge in [-0.15, -0.1) is 0 Å². The highest BCUT2D eigenvalue weighted by molar-refractivity contribution is 8.19. The van der Waals surface area contributed by atoms with Gasteiger partial charge >= 0.3 is 0 Å². The third-order valence-electron chi connectivity index (χ3n) is 5.72. The van der Waals surface area contributed by atoms with Gasteiger partial charge in [0.15, 0.2) is 0 Å². The number of hydrogen-bond donors (Lipinski definition) is 0. The van der Waals surface area contributed by atoms with E-state index in [1.54, 1.807) is 24.3 Å². The zero-order valence-electron chi connectivity index (χ0n) is 17.6. The number of carbonyl (C=O) groups excluding carboxylic acids is 2. The second-order valence-electron chi connectivity index (χ2n) is 7.69. The van der Waals surface area contributed by atoms with Crippen LogP contribution in [-0.4, -0.2) is 15.7 Å². The Balaban J connectivity index is 1.57. The molecule has 0 atom stereocenters. The SMILES string of the molecule is Cc1c(/C=C2/SC(=O)N(c3ccc(Cl)cc3)C2=O)c2ccccc2n1Cc1ccccc1Cl. The molecule has 1 aliphatic rings. The Bertz CT molecular complexity index is 1440.